The van der Waals surface area contributed by atoms with E-state index in [1.54, 1.807) is 28.8 Å². The molecule has 1 aliphatic rings. The van der Waals surface area contributed by atoms with Crippen LogP contribution in [0.4, 0.5) is 26.3 Å². The average molecular weight is 825 g/mol. The van der Waals surface area contributed by atoms with Gasteiger partial charge in [-0.15, -0.1) is 0 Å². The highest BCUT2D eigenvalue weighted by Gasteiger charge is 2.41. The molecular weight excluding hydrogens is 795 g/mol. The summed E-state index contributed by atoms with van der Waals surface area (Å²) < 4.78 is 94.3. The van der Waals surface area contributed by atoms with Gasteiger partial charge in [-0.05, 0) is 131 Å². The molecule has 0 atom stereocenters. The standard InChI is InChI=1S/C52H30F6N4/c53-51(54,55)45-21-19-37(61-47-7-3-1-5-39(47)43-25-35(17-23-49(43)61)33-13-9-31(29-59)10-14-33)27-41(45)42-28-38(20-22-46(42)52(56,57)58)62-48-8-4-2-6-40(48)44-26-36(18-24-50(44)62)34-15-11-32(30-60)12-16-34/h1-19,21,23-28H,20,22H2. The fraction of sp³-hybridized carbons (Fsp3) is 0.0769. The lowest BCUT2D eigenvalue weighted by Gasteiger charge is -2.26. The molecule has 0 bridgehead atoms. The summed E-state index contributed by atoms with van der Waals surface area (Å²) in [5, 5.41) is 21.8. The van der Waals surface area contributed by atoms with Gasteiger partial charge in [-0.1, -0.05) is 72.8 Å². The Morgan fingerprint density at radius 1 is 0.452 bits per heavy atom. The van der Waals surface area contributed by atoms with Crippen LogP contribution in [0, 0.1) is 22.7 Å². The van der Waals surface area contributed by atoms with E-state index in [9.17, 15) is 10.5 Å². The highest BCUT2D eigenvalue weighted by Crippen LogP contribution is 2.48. The van der Waals surface area contributed by atoms with Crippen LogP contribution in [0.2, 0.25) is 0 Å². The molecular formula is C52H30F6N4. The predicted molar refractivity (Wildman–Crippen MR) is 232 cm³/mol. The number of fused-ring (bicyclic) bond motifs is 6. The molecule has 10 heteroatoms. The maximum atomic E-state index is 15.1. The maximum Gasteiger partial charge on any atom is 0.417 e. The van der Waals surface area contributed by atoms with E-state index in [0.29, 0.717) is 38.9 Å². The van der Waals surface area contributed by atoms with Gasteiger partial charge >= 0.3 is 12.4 Å². The summed E-state index contributed by atoms with van der Waals surface area (Å²) in [4.78, 5) is 0. The third kappa shape index (κ3) is 6.40. The maximum absolute atomic E-state index is 15.1. The third-order valence-corrected chi connectivity index (χ3v) is 11.8. The van der Waals surface area contributed by atoms with Gasteiger partial charge in [0.2, 0.25) is 0 Å². The normalized spacial score (nSPS) is 13.5. The Morgan fingerprint density at radius 2 is 0.935 bits per heavy atom. The molecule has 0 aliphatic heterocycles. The molecule has 0 amide bonds. The zero-order valence-electron chi connectivity index (χ0n) is 32.5. The van der Waals surface area contributed by atoms with Crippen molar-refractivity contribution in [3.63, 3.8) is 0 Å². The van der Waals surface area contributed by atoms with Crippen LogP contribution in [0.15, 0.2) is 163 Å². The number of hydrogen-bond acceptors (Lipinski definition) is 2. The zero-order valence-corrected chi connectivity index (χ0v) is 32.5. The minimum absolute atomic E-state index is 0.0705. The first-order valence-electron chi connectivity index (χ1n) is 19.7. The van der Waals surface area contributed by atoms with Crippen molar-refractivity contribution in [2.75, 3.05) is 0 Å². The topological polar surface area (TPSA) is 57.4 Å². The second-order valence-electron chi connectivity index (χ2n) is 15.3. The molecule has 10 rings (SSSR count). The lowest BCUT2D eigenvalue weighted by Crippen LogP contribution is -2.19. The average Bonchev–Trinajstić information content (AvgIpc) is 3.80. The Bertz CT molecular complexity index is 3440. The van der Waals surface area contributed by atoms with Crippen LogP contribution in [-0.2, 0) is 6.18 Å². The van der Waals surface area contributed by atoms with Crippen molar-refractivity contribution in [2.24, 2.45) is 0 Å². The Morgan fingerprint density at radius 3 is 1.45 bits per heavy atom. The Balaban J connectivity index is 1.17. The van der Waals surface area contributed by atoms with Crippen molar-refractivity contribution < 1.29 is 26.3 Å². The smallest absolute Gasteiger partial charge is 0.313 e. The Labute approximate surface area is 350 Å². The first-order chi connectivity index (χ1) is 29.9. The molecule has 9 aromatic rings. The number of benzene rings is 7. The van der Waals surface area contributed by atoms with E-state index in [1.165, 1.54) is 18.2 Å². The van der Waals surface area contributed by atoms with Crippen LogP contribution in [0.3, 0.4) is 0 Å². The number of nitriles is 2. The molecule has 0 fully saturated rings. The highest BCUT2D eigenvalue weighted by atomic mass is 19.4. The van der Waals surface area contributed by atoms with Gasteiger partial charge in [0, 0.05) is 38.5 Å². The SMILES string of the molecule is N#Cc1ccc(-c2ccc3c(c2)c2ccccc2n3C2=CC(c3cc(-n4c5ccccc5c5cc(-c6ccc(C#N)cc6)ccc54)ccc3C(F)(F)F)=C(C(F)(F)F)CC2)cc1. The number of allylic oxidation sites excluding steroid dienone is 4. The molecule has 300 valence electrons. The Kier molecular flexibility index (Phi) is 8.93. The summed E-state index contributed by atoms with van der Waals surface area (Å²) >= 11 is 0. The summed E-state index contributed by atoms with van der Waals surface area (Å²) in [7, 11) is 0. The van der Waals surface area contributed by atoms with Crippen LogP contribution < -0.4 is 0 Å². The molecule has 0 saturated heterocycles. The van der Waals surface area contributed by atoms with Gasteiger partial charge in [-0.2, -0.15) is 36.9 Å². The van der Waals surface area contributed by atoms with E-state index in [2.05, 4.69) is 12.1 Å². The van der Waals surface area contributed by atoms with Crippen molar-refractivity contribution in [2.45, 2.75) is 25.2 Å². The van der Waals surface area contributed by atoms with Gasteiger partial charge in [0.05, 0.1) is 50.9 Å². The van der Waals surface area contributed by atoms with E-state index in [4.69, 9.17) is 0 Å². The minimum Gasteiger partial charge on any atom is -0.313 e. The summed E-state index contributed by atoms with van der Waals surface area (Å²) in [5.74, 6) is 0. The Hall–Kier alpha value is -7.82. The first kappa shape index (κ1) is 38.4. The molecule has 62 heavy (non-hydrogen) atoms. The van der Waals surface area contributed by atoms with Crippen LogP contribution in [0.1, 0.15) is 35.1 Å². The van der Waals surface area contributed by atoms with Gasteiger partial charge in [-0.25, -0.2) is 0 Å². The van der Waals surface area contributed by atoms with E-state index >= 15 is 26.3 Å². The molecule has 4 nitrogen and oxygen atoms in total. The number of aromatic nitrogens is 2. The molecule has 7 aromatic carbocycles. The number of para-hydroxylation sites is 2. The van der Waals surface area contributed by atoms with Crippen molar-refractivity contribution in [1.82, 2.24) is 9.13 Å². The summed E-state index contributed by atoms with van der Waals surface area (Å²) in [6, 6.07) is 48.3. The van der Waals surface area contributed by atoms with Crippen molar-refractivity contribution in [3.05, 3.63) is 186 Å². The fourth-order valence-electron chi connectivity index (χ4n) is 8.93. The summed E-state index contributed by atoms with van der Waals surface area (Å²) in [5.41, 5.74) is 4.61. The van der Waals surface area contributed by atoms with Crippen molar-refractivity contribution in [1.29, 1.82) is 10.5 Å². The minimum atomic E-state index is -4.98. The van der Waals surface area contributed by atoms with Crippen LogP contribution >= 0.6 is 0 Å². The van der Waals surface area contributed by atoms with Gasteiger partial charge in [0.25, 0.3) is 0 Å². The largest absolute Gasteiger partial charge is 0.417 e. The number of halogens is 6. The quantitative estimate of drug-likeness (QED) is 0.162. The fourth-order valence-corrected chi connectivity index (χ4v) is 8.93. The monoisotopic (exact) mass is 824 g/mol. The van der Waals surface area contributed by atoms with Crippen molar-refractivity contribution in [3.8, 4) is 40.1 Å². The number of hydrogen-bond donors (Lipinski definition) is 0. The summed E-state index contributed by atoms with van der Waals surface area (Å²) in [6.45, 7) is 0. The van der Waals surface area contributed by atoms with E-state index in [-0.39, 0.29) is 12.1 Å². The van der Waals surface area contributed by atoms with E-state index in [0.717, 1.165) is 49.9 Å². The molecule has 0 radical (unpaired) electrons. The predicted octanol–water partition coefficient (Wildman–Crippen LogP) is 14.6. The van der Waals surface area contributed by atoms with E-state index < -0.39 is 41.0 Å². The van der Waals surface area contributed by atoms with Gasteiger partial charge in [0.15, 0.2) is 0 Å². The van der Waals surface area contributed by atoms with Crippen molar-refractivity contribution >= 4 is 54.9 Å². The van der Waals surface area contributed by atoms with Crippen LogP contribution in [-0.4, -0.2) is 15.3 Å². The summed E-state index contributed by atoms with van der Waals surface area (Å²) in [6.07, 6.45) is -9.21. The highest BCUT2D eigenvalue weighted by molar-refractivity contribution is 6.12. The molecule has 0 spiro atoms. The third-order valence-electron chi connectivity index (χ3n) is 11.8. The van der Waals surface area contributed by atoms with Gasteiger partial charge in [-0.3, -0.25) is 0 Å². The molecule has 0 saturated carbocycles. The molecule has 1 aliphatic carbocycles. The molecule has 0 unspecified atom stereocenters. The molecule has 0 N–H and O–H groups in total. The van der Waals surface area contributed by atoms with Crippen LogP contribution in [0.5, 0.6) is 0 Å². The second kappa shape index (κ2) is 14.4. The van der Waals surface area contributed by atoms with Crippen LogP contribution in [0.25, 0.3) is 82.8 Å². The number of nitrogens with zero attached hydrogens (tertiary/aromatic N) is 4. The zero-order chi connectivity index (χ0) is 42.9. The van der Waals surface area contributed by atoms with Gasteiger partial charge < -0.3 is 9.13 Å². The first-order valence-corrected chi connectivity index (χ1v) is 19.7. The van der Waals surface area contributed by atoms with E-state index in [1.807, 2.05) is 114 Å². The lowest BCUT2D eigenvalue weighted by molar-refractivity contribution is -0.137. The number of alkyl halides is 6. The number of rotatable bonds is 5. The second-order valence-corrected chi connectivity index (χ2v) is 15.3. The lowest BCUT2D eigenvalue weighted by atomic mass is 9.87. The van der Waals surface area contributed by atoms with Gasteiger partial charge in [0.1, 0.15) is 0 Å². The molecule has 2 aromatic heterocycles. The molecule has 2 heterocycles.